The van der Waals surface area contributed by atoms with E-state index in [-0.39, 0.29) is 25.5 Å². The van der Waals surface area contributed by atoms with E-state index < -0.39 is 0 Å². The van der Waals surface area contributed by atoms with Gasteiger partial charge in [0.2, 0.25) is 0 Å². The number of aromatic nitrogens is 1. The molecule has 3 heterocycles. The van der Waals surface area contributed by atoms with E-state index in [2.05, 4.69) is 139 Å². The van der Waals surface area contributed by atoms with Crippen molar-refractivity contribution in [2.45, 2.75) is 26.2 Å². The molecule has 44 heavy (non-hydrogen) atoms. The van der Waals surface area contributed by atoms with Gasteiger partial charge in [-0.05, 0) is 58.4 Å². The van der Waals surface area contributed by atoms with Crippen molar-refractivity contribution in [3.05, 3.63) is 146 Å². The Morgan fingerprint density at radius 1 is 0.727 bits per heavy atom. The van der Waals surface area contributed by atoms with E-state index in [1.54, 1.807) is 6.20 Å². The van der Waals surface area contributed by atoms with E-state index in [0.29, 0.717) is 0 Å². The third-order valence-corrected chi connectivity index (χ3v) is 8.10. The molecule has 2 aliphatic heterocycles. The molecule has 8 rings (SSSR count). The van der Waals surface area contributed by atoms with Gasteiger partial charge in [0.05, 0.1) is 11.4 Å². The maximum absolute atomic E-state index is 4.22. The molecule has 0 fully saturated rings. The molecule has 5 aromatic carbocycles. The molecule has 0 aliphatic carbocycles. The summed E-state index contributed by atoms with van der Waals surface area (Å²) in [6, 6.07) is 46.7. The number of nitrogens with zero attached hydrogens (tertiary/aromatic N) is 4. The Morgan fingerprint density at radius 3 is 2.20 bits per heavy atom. The third-order valence-electron chi connectivity index (χ3n) is 8.10. The topological polar surface area (TPSA) is 22.6 Å². The molecule has 0 amide bonds. The second-order valence-electron chi connectivity index (χ2n) is 11.9. The van der Waals surface area contributed by atoms with Gasteiger partial charge in [0.15, 0.2) is 0 Å². The first-order chi connectivity index (χ1) is 20.9. The molecule has 0 N–H and O–H groups in total. The fraction of sp³-hybridized carbons (Fsp3) is 0.128. The van der Waals surface area contributed by atoms with Gasteiger partial charge in [-0.25, -0.2) is 0 Å². The molecule has 0 saturated heterocycles. The Morgan fingerprint density at radius 2 is 1.48 bits per heavy atom. The number of rotatable bonds is 2. The molecule has 0 atom stereocenters. The molecule has 6 aromatic rings. The van der Waals surface area contributed by atoms with E-state index in [0.717, 1.165) is 22.3 Å². The number of benzene rings is 5. The van der Waals surface area contributed by atoms with Gasteiger partial charge in [0.1, 0.15) is 0 Å². The molecule has 5 heteroatoms. The van der Waals surface area contributed by atoms with Crippen molar-refractivity contribution in [3.8, 4) is 11.3 Å². The predicted molar refractivity (Wildman–Crippen MR) is 180 cm³/mol. The maximum Gasteiger partial charge on any atom is 3.00 e. The summed E-state index contributed by atoms with van der Waals surface area (Å²) in [5.74, 6) is 0. The minimum absolute atomic E-state index is 0. The molecule has 2 aliphatic rings. The summed E-state index contributed by atoms with van der Waals surface area (Å²) < 4.78 is 0. The van der Waals surface area contributed by atoms with Crippen molar-refractivity contribution >= 4 is 44.9 Å². The Bertz CT molecular complexity index is 1860. The summed E-state index contributed by atoms with van der Waals surface area (Å²) in [5.41, 5.74) is 10.5. The normalized spacial score (nSPS) is 13.0. The first-order valence-corrected chi connectivity index (χ1v) is 14.6. The van der Waals surface area contributed by atoms with Gasteiger partial charge < -0.3 is 19.7 Å². The zero-order valence-electron chi connectivity index (χ0n) is 25.2. The van der Waals surface area contributed by atoms with Gasteiger partial charge >= 0.3 is 20.1 Å². The van der Waals surface area contributed by atoms with E-state index >= 15 is 0 Å². The predicted octanol–water partition coefficient (Wildman–Crippen LogP) is 9.97. The number of anilines is 6. The van der Waals surface area contributed by atoms with Crippen LogP contribution in [0.3, 0.4) is 0 Å². The Kier molecular flexibility index (Phi) is 8.02. The molecule has 218 valence electrons. The molecule has 1 aromatic heterocycles. The van der Waals surface area contributed by atoms with Crippen LogP contribution in [0.1, 0.15) is 26.3 Å². The summed E-state index contributed by atoms with van der Waals surface area (Å²) in [7, 11) is 2.15. The van der Waals surface area contributed by atoms with Gasteiger partial charge in [-0.1, -0.05) is 63.2 Å². The van der Waals surface area contributed by atoms with Crippen molar-refractivity contribution < 1.29 is 20.1 Å². The Labute approximate surface area is 274 Å². The summed E-state index contributed by atoms with van der Waals surface area (Å²) in [6.07, 6.45) is 1.79. The summed E-state index contributed by atoms with van der Waals surface area (Å²) in [6.45, 7) is 8.96. The third kappa shape index (κ3) is 5.38. The molecular formula is C39H33IrN4. The summed E-state index contributed by atoms with van der Waals surface area (Å²) in [5, 5.41) is 2.35. The molecule has 0 unspecified atom stereocenters. The van der Waals surface area contributed by atoms with Crippen molar-refractivity contribution in [2.24, 2.45) is 0 Å². The molecule has 0 spiro atoms. The van der Waals surface area contributed by atoms with Crippen LogP contribution in [0.2, 0.25) is 0 Å². The van der Waals surface area contributed by atoms with Crippen LogP contribution in [0.5, 0.6) is 0 Å². The Hall–Kier alpha value is -4.44. The van der Waals surface area contributed by atoms with Crippen LogP contribution >= 0.6 is 0 Å². The summed E-state index contributed by atoms with van der Waals surface area (Å²) >= 11 is 0. The zero-order valence-corrected chi connectivity index (χ0v) is 27.6. The number of hydrogen-bond donors (Lipinski definition) is 0. The fourth-order valence-corrected chi connectivity index (χ4v) is 5.75. The van der Waals surface area contributed by atoms with Crippen molar-refractivity contribution in [1.29, 1.82) is 0 Å². The summed E-state index contributed by atoms with van der Waals surface area (Å²) in [4.78, 5) is 11.1. The fourth-order valence-electron chi connectivity index (χ4n) is 5.75. The van der Waals surface area contributed by atoms with Crippen LogP contribution in [-0.4, -0.2) is 12.0 Å². The van der Waals surface area contributed by atoms with Crippen LogP contribution in [0.4, 0.5) is 34.1 Å². The van der Waals surface area contributed by atoms with E-state index in [1.165, 1.54) is 39.4 Å². The number of para-hydroxylation sites is 1. The van der Waals surface area contributed by atoms with Crippen LogP contribution < -0.4 is 14.7 Å². The van der Waals surface area contributed by atoms with Gasteiger partial charge in [-0.3, -0.25) is 0 Å². The quantitative estimate of drug-likeness (QED) is 0.165. The average Bonchev–Trinajstić information content (AvgIpc) is 3.44. The molecule has 4 nitrogen and oxygen atoms in total. The molecular weight excluding hydrogens is 717 g/mol. The average molecular weight is 750 g/mol. The van der Waals surface area contributed by atoms with Gasteiger partial charge in [0.25, 0.3) is 0 Å². The molecule has 0 bridgehead atoms. The SMILES string of the molecule is CN1c2cc3ccccc3[c-]c2N2[CH-]N(c3ccc(C(C)(C)C)cc3)c3cccc1c32.[Ir+3].[c-]1ccccc1-c1ccccn1. The van der Waals surface area contributed by atoms with E-state index in [9.17, 15) is 0 Å². The van der Waals surface area contributed by atoms with Crippen molar-refractivity contribution in [3.63, 3.8) is 0 Å². The van der Waals surface area contributed by atoms with Crippen LogP contribution in [-0.2, 0) is 25.5 Å². The largest absolute Gasteiger partial charge is 3.00 e. The van der Waals surface area contributed by atoms with Gasteiger partial charge in [0, 0.05) is 24.6 Å². The first kappa shape index (κ1) is 29.6. The van der Waals surface area contributed by atoms with E-state index in [4.69, 9.17) is 0 Å². The van der Waals surface area contributed by atoms with Crippen LogP contribution in [0.25, 0.3) is 22.0 Å². The van der Waals surface area contributed by atoms with E-state index in [1.807, 2.05) is 42.5 Å². The minimum atomic E-state index is 0. The first-order valence-electron chi connectivity index (χ1n) is 14.6. The van der Waals surface area contributed by atoms with Crippen LogP contribution in [0.15, 0.2) is 121 Å². The molecule has 0 radical (unpaired) electrons. The standard InChI is InChI=1S/C28H25N3.C11H8N.Ir/c1-28(2,3)21-12-14-22(15-13-21)30-18-31-26-17-20-9-6-5-8-19(20)16-25(26)29(4)23-10-7-11-24(30)27(23)31;1-2-6-10(7-3-1)11-8-4-5-9-12-11;/h5-16,18H,1-4H3;1-6,8-9H;/q-2;-1;+3. The van der Waals surface area contributed by atoms with Gasteiger partial charge in [-0.15, -0.1) is 77.6 Å². The number of hydrogen-bond acceptors (Lipinski definition) is 4. The number of pyridine rings is 1. The molecule has 0 saturated carbocycles. The maximum atomic E-state index is 4.22. The zero-order chi connectivity index (χ0) is 29.6. The van der Waals surface area contributed by atoms with Crippen molar-refractivity contribution in [1.82, 2.24) is 4.98 Å². The minimum Gasteiger partial charge on any atom is -0.485 e. The van der Waals surface area contributed by atoms with Crippen molar-refractivity contribution in [2.75, 3.05) is 21.7 Å². The number of fused-ring (bicyclic) bond motifs is 3. The smallest absolute Gasteiger partial charge is 0.485 e. The second-order valence-corrected chi connectivity index (χ2v) is 11.9. The van der Waals surface area contributed by atoms with Crippen LogP contribution in [0, 0.1) is 18.8 Å². The van der Waals surface area contributed by atoms with Gasteiger partial charge in [-0.2, -0.15) is 0 Å². The monoisotopic (exact) mass is 750 g/mol. The second kappa shape index (κ2) is 11.9. The Balaban J connectivity index is 0.000000222.